The quantitative estimate of drug-likeness (QED) is 0.874. The van der Waals surface area contributed by atoms with Crippen LogP contribution in [0.2, 0.25) is 0 Å². The molecule has 1 fully saturated rings. The van der Waals surface area contributed by atoms with Crippen molar-refractivity contribution in [2.45, 2.75) is 25.5 Å². The Labute approximate surface area is 134 Å². The van der Waals surface area contributed by atoms with Crippen LogP contribution in [0, 0.1) is 0 Å². The Morgan fingerprint density at radius 3 is 2.87 bits per heavy atom. The van der Waals surface area contributed by atoms with Crippen molar-refractivity contribution in [2.75, 3.05) is 13.2 Å². The Balaban J connectivity index is 1.45. The number of carbonyl (C=O) groups excluding carboxylic acids is 1. The number of ether oxygens (including phenoxy) is 2. The summed E-state index contributed by atoms with van der Waals surface area (Å²) >= 11 is 0. The highest BCUT2D eigenvalue weighted by molar-refractivity contribution is 5.78. The van der Waals surface area contributed by atoms with Crippen molar-refractivity contribution in [3.63, 3.8) is 0 Å². The van der Waals surface area contributed by atoms with Crippen LogP contribution in [0.25, 0.3) is 0 Å². The van der Waals surface area contributed by atoms with E-state index in [1.165, 1.54) is 0 Å². The number of likely N-dealkylation sites (tertiary alicyclic amines) is 1. The number of hydrogen-bond donors (Lipinski definition) is 0. The standard InChI is InChI=1S/C18H18N2O3/c21-17-4-2-10-20(17)11-13-5-7-14(8-6-13)16-12-22-15-3-1-9-19-18(15)23-16/h1,3,5-9,16H,2,4,10-12H2. The SMILES string of the molecule is O=C1CCCN1Cc1ccc(C2COc3cccnc3O2)cc1. The Bertz CT molecular complexity index is 714. The Morgan fingerprint density at radius 1 is 1.22 bits per heavy atom. The topological polar surface area (TPSA) is 51.7 Å². The van der Waals surface area contributed by atoms with Crippen molar-refractivity contribution >= 4 is 5.91 Å². The summed E-state index contributed by atoms with van der Waals surface area (Å²) in [6, 6.07) is 11.9. The Morgan fingerprint density at radius 2 is 2.09 bits per heavy atom. The summed E-state index contributed by atoms with van der Waals surface area (Å²) in [4.78, 5) is 17.8. The molecule has 5 nitrogen and oxygen atoms in total. The number of nitrogens with zero attached hydrogens (tertiary/aromatic N) is 2. The monoisotopic (exact) mass is 310 g/mol. The smallest absolute Gasteiger partial charge is 0.257 e. The molecule has 1 unspecified atom stereocenters. The maximum absolute atomic E-state index is 11.7. The first-order valence-corrected chi connectivity index (χ1v) is 7.91. The van der Waals surface area contributed by atoms with Gasteiger partial charge in [-0.1, -0.05) is 24.3 Å². The molecule has 2 aromatic rings. The zero-order valence-corrected chi connectivity index (χ0v) is 12.8. The van der Waals surface area contributed by atoms with Crippen LogP contribution in [0.5, 0.6) is 11.6 Å². The first-order valence-electron chi connectivity index (χ1n) is 7.91. The highest BCUT2D eigenvalue weighted by Crippen LogP contribution is 2.33. The lowest BCUT2D eigenvalue weighted by molar-refractivity contribution is -0.128. The molecular weight excluding hydrogens is 292 g/mol. The van der Waals surface area contributed by atoms with Gasteiger partial charge in [0.15, 0.2) is 11.9 Å². The molecule has 23 heavy (non-hydrogen) atoms. The van der Waals surface area contributed by atoms with Gasteiger partial charge in [0.05, 0.1) is 0 Å². The molecule has 0 bridgehead atoms. The normalized spacial score (nSPS) is 19.9. The Kier molecular flexibility index (Phi) is 3.61. The van der Waals surface area contributed by atoms with Gasteiger partial charge in [-0.3, -0.25) is 4.79 Å². The number of rotatable bonds is 3. The molecule has 4 rings (SSSR count). The summed E-state index contributed by atoms with van der Waals surface area (Å²) in [6.45, 7) is 2.02. The summed E-state index contributed by atoms with van der Waals surface area (Å²) in [5.74, 6) is 1.48. The zero-order chi connectivity index (χ0) is 15.6. The first-order chi connectivity index (χ1) is 11.3. The van der Waals surface area contributed by atoms with Crippen molar-refractivity contribution in [1.29, 1.82) is 0 Å². The van der Waals surface area contributed by atoms with Crippen LogP contribution in [0.15, 0.2) is 42.6 Å². The average molecular weight is 310 g/mol. The first kappa shape index (κ1) is 14.1. The highest BCUT2D eigenvalue weighted by atomic mass is 16.6. The number of aromatic nitrogens is 1. The Hall–Kier alpha value is -2.56. The second kappa shape index (κ2) is 5.91. The molecule has 0 aliphatic carbocycles. The second-order valence-electron chi connectivity index (χ2n) is 5.88. The fourth-order valence-electron chi connectivity index (χ4n) is 3.00. The van der Waals surface area contributed by atoms with E-state index in [4.69, 9.17) is 9.47 Å². The van der Waals surface area contributed by atoms with Gasteiger partial charge in [0, 0.05) is 25.7 Å². The van der Waals surface area contributed by atoms with Gasteiger partial charge in [-0.25, -0.2) is 4.98 Å². The lowest BCUT2D eigenvalue weighted by atomic mass is 10.1. The molecule has 3 heterocycles. The minimum Gasteiger partial charge on any atom is -0.484 e. The summed E-state index contributed by atoms with van der Waals surface area (Å²) in [7, 11) is 0. The number of benzene rings is 1. The largest absolute Gasteiger partial charge is 0.484 e. The molecule has 1 amide bonds. The van der Waals surface area contributed by atoms with Crippen LogP contribution in [-0.2, 0) is 11.3 Å². The van der Waals surface area contributed by atoms with Gasteiger partial charge >= 0.3 is 0 Å². The number of fused-ring (bicyclic) bond motifs is 1. The van der Waals surface area contributed by atoms with Gasteiger partial charge < -0.3 is 14.4 Å². The van der Waals surface area contributed by atoms with Crippen molar-refractivity contribution in [1.82, 2.24) is 9.88 Å². The van der Waals surface area contributed by atoms with Crippen LogP contribution in [0.1, 0.15) is 30.1 Å². The maximum Gasteiger partial charge on any atom is 0.257 e. The van der Waals surface area contributed by atoms with Gasteiger partial charge in [-0.2, -0.15) is 0 Å². The van der Waals surface area contributed by atoms with Gasteiger partial charge in [-0.05, 0) is 29.7 Å². The summed E-state index contributed by atoms with van der Waals surface area (Å²) in [5, 5.41) is 0. The summed E-state index contributed by atoms with van der Waals surface area (Å²) in [6.07, 6.45) is 3.19. The van der Waals surface area contributed by atoms with Crippen LogP contribution in [0.4, 0.5) is 0 Å². The van der Waals surface area contributed by atoms with Gasteiger partial charge in [0.1, 0.15) is 6.61 Å². The van der Waals surface area contributed by atoms with Crippen molar-refractivity contribution in [2.24, 2.45) is 0 Å². The minimum absolute atomic E-state index is 0.153. The molecule has 1 saturated heterocycles. The summed E-state index contributed by atoms with van der Waals surface area (Å²) < 4.78 is 11.6. The fraction of sp³-hybridized carbons (Fsp3) is 0.333. The average Bonchev–Trinajstić information content (AvgIpc) is 3.00. The van der Waals surface area contributed by atoms with E-state index in [1.54, 1.807) is 6.20 Å². The molecule has 2 aliphatic rings. The molecule has 0 radical (unpaired) electrons. The molecule has 1 aromatic carbocycles. The summed E-state index contributed by atoms with van der Waals surface area (Å²) in [5.41, 5.74) is 2.19. The van der Waals surface area contributed by atoms with Crippen LogP contribution < -0.4 is 9.47 Å². The third kappa shape index (κ3) is 2.86. The molecule has 1 atom stereocenters. The van der Waals surface area contributed by atoms with Crippen molar-refractivity contribution in [3.05, 3.63) is 53.7 Å². The predicted octanol–water partition coefficient (Wildman–Crippen LogP) is 2.72. The lowest BCUT2D eigenvalue weighted by Gasteiger charge is -2.25. The minimum atomic E-state index is -0.153. The van der Waals surface area contributed by atoms with Gasteiger partial charge in [0.2, 0.25) is 5.91 Å². The van der Waals surface area contributed by atoms with Gasteiger partial charge in [-0.15, -0.1) is 0 Å². The molecular formula is C18H18N2O3. The number of hydrogen-bond acceptors (Lipinski definition) is 4. The van der Waals surface area contributed by atoms with Crippen LogP contribution in [0.3, 0.4) is 0 Å². The molecule has 2 aliphatic heterocycles. The fourth-order valence-corrected chi connectivity index (χ4v) is 3.00. The van der Waals surface area contributed by atoms with E-state index in [0.29, 0.717) is 31.2 Å². The number of pyridine rings is 1. The van der Waals surface area contributed by atoms with E-state index < -0.39 is 0 Å². The molecule has 0 saturated carbocycles. The van der Waals surface area contributed by atoms with Gasteiger partial charge in [0.25, 0.3) is 5.88 Å². The molecule has 1 aromatic heterocycles. The lowest BCUT2D eigenvalue weighted by Crippen LogP contribution is -2.24. The van der Waals surface area contributed by atoms with Crippen molar-refractivity contribution < 1.29 is 14.3 Å². The van der Waals surface area contributed by atoms with E-state index in [2.05, 4.69) is 17.1 Å². The third-order valence-corrected chi connectivity index (χ3v) is 4.28. The molecule has 0 N–H and O–H groups in total. The molecule has 118 valence electrons. The number of amides is 1. The van der Waals surface area contributed by atoms with E-state index in [9.17, 15) is 4.79 Å². The maximum atomic E-state index is 11.7. The van der Waals surface area contributed by atoms with E-state index >= 15 is 0 Å². The predicted molar refractivity (Wildman–Crippen MR) is 84.2 cm³/mol. The molecule has 0 spiro atoms. The van der Waals surface area contributed by atoms with E-state index in [1.807, 2.05) is 29.2 Å². The van der Waals surface area contributed by atoms with Crippen LogP contribution in [-0.4, -0.2) is 28.9 Å². The van der Waals surface area contributed by atoms with Crippen LogP contribution >= 0.6 is 0 Å². The van der Waals surface area contributed by atoms with E-state index in [-0.39, 0.29) is 12.0 Å². The van der Waals surface area contributed by atoms with E-state index in [0.717, 1.165) is 24.1 Å². The number of carbonyl (C=O) groups is 1. The second-order valence-corrected chi connectivity index (χ2v) is 5.88. The third-order valence-electron chi connectivity index (χ3n) is 4.28. The highest BCUT2D eigenvalue weighted by Gasteiger charge is 2.24. The molecule has 5 heteroatoms. The zero-order valence-electron chi connectivity index (χ0n) is 12.8. The van der Waals surface area contributed by atoms with Crippen molar-refractivity contribution in [3.8, 4) is 11.6 Å².